The van der Waals surface area contributed by atoms with Gasteiger partial charge in [0.25, 0.3) is 5.91 Å². The molecule has 1 heterocycles. The minimum atomic E-state index is -0.557. The summed E-state index contributed by atoms with van der Waals surface area (Å²) >= 11 is 0. The predicted octanol–water partition coefficient (Wildman–Crippen LogP) is 2.61. The lowest BCUT2D eigenvalue weighted by Gasteiger charge is -2.27. The Bertz CT molecular complexity index is 804. The van der Waals surface area contributed by atoms with E-state index in [4.69, 9.17) is 4.74 Å². The van der Waals surface area contributed by atoms with Crippen LogP contribution in [0.25, 0.3) is 0 Å². The average molecular weight is 338 g/mol. The van der Waals surface area contributed by atoms with Crippen LogP contribution in [0.5, 0.6) is 0 Å². The van der Waals surface area contributed by atoms with Gasteiger partial charge in [0, 0.05) is 12.5 Å². The lowest BCUT2D eigenvalue weighted by Crippen LogP contribution is -2.41. The van der Waals surface area contributed by atoms with Gasteiger partial charge in [0.15, 0.2) is 6.61 Å². The van der Waals surface area contributed by atoms with Crippen LogP contribution in [0.1, 0.15) is 23.7 Å². The first-order valence-electron chi connectivity index (χ1n) is 7.99. The number of nitrogens with zero attached hydrogens (tertiary/aromatic N) is 1. The van der Waals surface area contributed by atoms with E-state index in [9.17, 15) is 14.4 Å². The Morgan fingerprint density at radius 2 is 1.80 bits per heavy atom. The first-order chi connectivity index (χ1) is 12.1. The minimum Gasteiger partial charge on any atom is -0.452 e. The summed E-state index contributed by atoms with van der Waals surface area (Å²) in [4.78, 5) is 38.1. The Labute approximate surface area is 145 Å². The summed E-state index contributed by atoms with van der Waals surface area (Å²) in [5.74, 6) is -1.09. The maximum absolute atomic E-state index is 12.7. The second kappa shape index (κ2) is 7.17. The number of amides is 2. The standard InChI is InChI=1S/C19H18N2O4/c1-13-11-17(22)20-15-9-5-6-10-16(15)21(13)18(23)12-25-19(24)14-7-3-2-4-8-14/h2-10,13H,11-12H2,1H3,(H,20,22). The number of carbonyl (C=O) groups excluding carboxylic acids is 3. The summed E-state index contributed by atoms with van der Waals surface area (Å²) < 4.78 is 5.14. The molecule has 0 fully saturated rings. The molecule has 0 saturated carbocycles. The van der Waals surface area contributed by atoms with E-state index >= 15 is 0 Å². The maximum Gasteiger partial charge on any atom is 0.338 e. The Morgan fingerprint density at radius 3 is 2.56 bits per heavy atom. The number of para-hydroxylation sites is 2. The molecule has 1 unspecified atom stereocenters. The molecule has 0 aromatic heterocycles. The monoisotopic (exact) mass is 338 g/mol. The third-order valence-corrected chi connectivity index (χ3v) is 3.96. The molecule has 2 aromatic carbocycles. The van der Waals surface area contributed by atoms with Gasteiger partial charge in [-0.1, -0.05) is 30.3 Å². The number of carbonyl (C=O) groups is 3. The van der Waals surface area contributed by atoms with E-state index < -0.39 is 5.97 Å². The highest BCUT2D eigenvalue weighted by molar-refractivity contribution is 6.05. The van der Waals surface area contributed by atoms with E-state index in [0.29, 0.717) is 16.9 Å². The molecule has 0 spiro atoms. The number of hydrogen-bond donors (Lipinski definition) is 1. The number of ether oxygens (including phenoxy) is 1. The lowest BCUT2D eigenvalue weighted by molar-refractivity contribution is -0.122. The van der Waals surface area contributed by atoms with E-state index in [1.165, 1.54) is 4.90 Å². The van der Waals surface area contributed by atoms with Crippen LogP contribution in [0.4, 0.5) is 11.4 Å². The van der Waals surface area contributed by atoms with Crippen molar-refractivity contribution >= 4 is 29.2 Å². The summed E-state index contributed by atoms with van der Waals surface area (Å²) in [6.07, 6.45) is 0.174. The van der Waals surface area contributed by atoms with Gasteiger partial charge < -0.3 is 15.0 Å². The molecular formula is C19H18N2O4. The van der Waals surface area contributed by atoms with Gasteiger partial charge in [0.05, 0.1) is 16.9 Å². The summed E-state index contributed by atoms with van der Waals surface area (Å²) in [7, 11) is 0. The van der Waals surface area contributed by atoms with Crippen molar-refractivity contribution in [3.05, 3.63) is 60.2 Å². The zero-order valence-electron chi connectivity index (χ0n) is 13.8. The van der Waals surface area contributed by atoms with Crippen LogP contribution in [0, 0.1) is 0 Å². The van der Waals surface area contributed by atoms with Crippen molar-refractivity contribution in [2.24, 2.45) is 0 Å². The molecule has 1 atom stereocenters. The molecule has 128 valence electrons. The Morgan fingerprint density at radius 1 is 1.12 bits per heavy atom. The number of fused-ring (bicyclic) bond motifs is 1. The van der Waals surface area contributed by atoms with E-state index in [1.54, 1.807) is 61.5 Å². The minimum absolute atomic E-state index is 0.156. The first-order valence-corrected chi connectivity index (χ1v) is 7.99. The summed E-state index contributed by atoms with van der Waals surface area (Å²) in [5.41, 5.74) is 1.55. The summed E-state index contributed by atoms with van der Waals surface area (Å²) in [5, 5.41) is 2.79. The molecule has 0 aliphatic carbocycles. The lowest BCUT2D eigenvalue weighted by atomic mass is 10.1. The molecule has 6 nitrogen and oxygen atoms in total. The van der Waals surface area contributed by atoms with Crippen molar-refractivity contribution in [2.45, 2.75) is 19.4 Å². The predicted molar refractivity (Wildman–Crippen MR) is 93.4 cm³/mol. The van der Waals surface area contributed by atoms with Crippen LogP contribution in [0.15, 0.2) is 54.6 Å². The van der Waals surface area contributed by atoms with Crippen LogP contribution in [0.3, 0.4) is 0 Å². The third kappa shape index (κ3) is 3.68. The largest absolute Gasteiger partial charge is 0.452 e. The highest BCUT2D eigenvalue weighted by atomic mass is 16.5. The Hall–Kier alpha value is -3.15. The van der Waals surface area contributed by atoms with Gasteiger partial charge in [-0.25, -0.2) is 4.79 Å². The smallest absolute Gasteiger partial charge is 0.338 e. The second-order valence-corrected chi connectivity index (χ2v) is 5.82. The van der Waals surface area contributed by atoms with Gasteiger partial charge >= 0.3 is 5.97 Å². The van der Waals surface area contributed by atoms with Gasteiger partial charge in [-0.2, -0.15) is 0 Å². The number of esters is 1. The van der Waals surface area contributed by atoms with Gasteiger partial charge in [-0.15, -0.1) is 0 Å². The Kier molecular flexibility index (Phi) is 4.79. The van der Waals surface area contributed by atoms with Crippen LogP contribution >= 0.6 is 0 Å². The van der Waals surface area contributed by atoms with E-state index in [-0.39, 0.29) is 30.9 Å². The molecule has 2 aromatic rings. The van der Waals surface area contributed by atoms with Crippen LogP contribution in [-0.2, 0) is 14.3 Å². The molecule has 0 radical (unpaired) electrons. The zero-order valence-corrected chi connectivity index (χ0v) is 13.8. The molecule has 1 aliphatic heterocycles. The molecule has 3 rings (SSSR count). The van der Waals surface area contributed by atoms with Crippen LogP contribution < -0.4 is 10.2 Å². The van der Waals surface area contributed by atoms with Crippen LogP contribution in [0.2, 0.25) is 0 Å². The van der Waals surface area contributed by atoms with Gasteiger partial charge in [-0.3, -0.25) is 9.59 Å². The fraction of sp³-hybridized carbons (Fsp3) is 0.211. The highest BCUT2D eigenvalue weighted by Crippen LogP contribution is 2.31. The summed E-state index contributed by atoms with van der Waals surface area (Å²) in [6.45, 7) is 1.40. The number of hydrogen-bond acceptors (Lipinski definition) is 4. The molecule has 0 saturated heterocycles. The van der Waals surface area contributed by atoms with Crippen molar-refractivity contribution < 1.29 is 19.1 Å². The van der Waals surface area contributed by atoms with E-state index in [0.717, 1.165) is 0 Å². The average Bonchev–Trinajstić information content (AvgIpc) is 2.74. The van der Waals surface area contributed by atoms with Crippen molar-refractivity contribution in [3.63, 3.8) is 0 Å². The first kappa shape index (κ1) is 16.7. The van der Waals surface area contributed by atoms with Gasteiger partial charge in [0.2, 0.25) is 5.91 Å². The van der Waals surface area contributed by atoms with Crippen molar-refractivity contribution in [1.29, 1.82) is 0 Å². The number of anilines is 2. The van der Waals surface area contributed by atoms with Crippen molar-refractivity contribution in [3.8, 4) is 0 Å². The number of nitrogens with one attached hydrogen (secondary N) is 1. The number of rotatable bonds is 3. The molecule has 2 amide bonds. The molecule has 1 N–H and O–H groups in total. The Balaban J connectivity index is 1.76. The fourth-order valence-corrected chi connectivity index (χ4v) is 2.82. The normalized spacial score (nSPS) is 16.4. The van der Waals surface area contributed by atoms with Crippen molar-refractivity contribution in [2.75, 3.05) is 16.8 Å². The molecule has 25 heavy (non-hydrogen) atoms. The van der Waals surface area contributed by atoms with Gasteiger partial charge in [-0.05, 0) is 31.2 Å². The highest BCUT2D eigenvalue weighted by Gasteiger charge is 2.30. The van der Waals surface area contributed by atoms with Crippen molar-refractivity contribution in [1.82, 2.24) is 0 Å². The third-order valence-electron chi connectivity index (χ3n) is 3.96. The second-order valence-electron chi connectivity index (χ2n) is 5.82. The SMILES string of the molecule is CC1CC(=O)Nc2ccccc2N1C(=O)COC(=O)c1ccccc1. The number of benzene rings is 2. The molecule has 0 bridgehead atoms. The maximum atomic E-state index is 12.7. The molecular weight excluding hydrogens is 320 g/mol. The van der Waals surface area contributed by atoms with E-state index in [2.05, 4.69) is 5.32 Å². The quantitative estimate of drug-likeness (QED) is 0.873. The molecule has 6 heteroatoms. The zero-order chi connectivity index (χ0) is 17.8. The van der Waals surface area contributed by atoms with Crippen LogP contribution in [-0.4, -0.2) is 30.4 Å². The van der Waals surface area contributed by atoms with Gasteiger partial charge in [0.1, 0.15) is 0 Å². The summed E-state index contributed by atoms with van der Waals surface area (Å²) in [6, 6.07) is 15.2. The van der Waals surface area contributed by atoms with E-state index in [1.807, 2.05) is 0 Å². The topological polar surface area (TPSA) is 75.7 Å². The molecule has 1 aliphatic rings. The fourth-order valence-electron chi connectivity index (χ4n) is 2.82.